The number of hydrogen-bond donors (Lipinski definition) is 2. The standard InChI is InChI=1S/C13H20N2O/c1-9-7-11(15-13(9)14)8-10-3-5-12(16-2)6-4-10/h3-6,9,11,13,15H,7-8,14H2,1-2H3/t9-,11?,13-/m0/s1. The summed E-state index contributed by atoms with van der Waals surface area (Å²) in [5.74, 6) is 1.48. The Hall–Kier alpha value is -1.06. The number of methoxy groups -OCH3 is 1. The van der Waals surface area contributed by atoms with Crippen molar-refractivity contribution >= 4 is 0 Å². The highest BCUT2D eigenvalue weighted by molar-refractivity contribution is 5.27. The highest BCUT2D eigenvalue weighted by Crippen LogP contribution is 2.21. The molecular formula is C13H20N2O. The van der Waals surface area contributed by atoms with Crippen LogP contribution in [0.3, 0.4) is 0 Å². The summed E-state index contributed by atoms with van der Waals surface area (Å²) < 4.78 is 5.14. The lowest BCUT2D eigenvalue weighted by molar-refractivity contribution is 0.414. The average molecular weight is 220 g/mol. The van der Waals surface area contributed by atoms with Gasteiger partial charge in [-0.25, -0.2) is 0 Å². The largest absolute Gasteiger partial charge is 0.497 e. The zero-order valence-corrected chi connectivity index (χ0v) is 9.94. The predicted molar refractivity (Wildman–Crippen MR) is 65.4 cm³/mol. The van der Waals surface area contributed by atoms with Crippen LogP contribution < -0.4 is 15.8 Å². The maximum atomic E-state index is 5.94. The molecule has 1 aliphatic heterocycles. The van der Waals surface area contributed by atoms with Crippen molar-refractivity contribution in [1.82, 2.24) is 5.32 Å². The lowest BCUT2D eigenvalue weighted by atomic mass is 10.0. The fraction of sp³-hybridized carbons (Fsp3) is 0.538. The molecule has 0 amide bonds. The van der Waals surface area contributed by atoms with Gasteiger partial charge in [0.2, 0.25) is 0 Å². The van der Waals surface area contributed by atoms with E-state index < -0.39 is 0 Å². The van der Waals surface area contributed by atoms with Gasteiger partial charge in [0.05, 0.1) is 13.3 Å². The van der Waals surface area contributed by atoms with E-state index in [2.05, 4.69) is 24.4 Å². The number of nitrogens with one attached hydrogen (secondary N) is 1. The van der Waals surface area contributed by atoms with E-state index in [1.165, 1.54) is 5.56 Å². The number of hydrogen-bond acceptors (Lipinski definition) is 3. The summed E-state index contributed by atoms with van der Waals surface area (Å²) in [6.07, 6.45) is 2.36. The Bertz CT molecular complexity index is 326. The SMILES string of the molecule is COc1ccc(CC2C[C@H](C)[C@@H](N)N2)cc1. The van der Waals surface area contributed by atoms with E-state index >= 15 is 0 Å². The van der Waals surface area contributed by atoms with Crippen LogP contribution in [0.2, 0.25) is 0 Å². The minimum atomic E-state index is 0.156. The Morgan fingerprint density at radius 1 is 1.38 bits per heavy atom. The van der Waals surface area contributed by atoms with Crippen LogP contribution in [0.4, 0.5) is 0 Å². The maximum absolute atomic E-state index is 5.94. The molecule has 0 radical (unpaired) electrons. The molecule has 0 saturated carbocycles. The number of rotatable bonds is 3. The average Bonchev–Trinajstić information content (AvgIpc) is 2.59. The summed E-state index contributed by atoms with van der Waals surface area (Å²) in [4.78, 5) is 0. The quantitative estimate of drug-likeness (QED) is 0.812. The molecule has 3 N–H and O–H groups in total. The summed E-state index contributed by atoms with van der Waals surface area (Å²) >= 11 is 0. The minimum Gasteiger partial charge on any atom is -0.497 e. The normalized spacial score (nSPS) is 29.3. The molecule has 1 saturated heterocycles. The molecule has 1 heterocycles. The van der Waals surface area contributed by atoms with Crippen LogP contribution in [0.25, 0.3) is 0 Å². The first kappa shape index (κ1) is 11.4. The first-order chi connectivity index (χ1) is 7.69. The predicted octanol–water partition coefficient (Wildman–Crippen LogP) is 1.52. The molecule has 1 aromatic rings. The van der Waals surface area contributed by atoms with Crippen LogP contribution >= 0.6 is 0 Å². The Kier molecular flexibility index (Phi) is 3.46. The molecule has 1 aliphatic rings. The van der Waals surface area contributed by atoms with Crippen molar-refractivity contribution in [2.24, 2.45) is 11.7 Å². The van der Waals surface area contributed by atoms with Gasteiger partial charge in [-0.2, -0.15) is 0 Å². The topological polar surface area (TPSA) is 47.3 Å². The Morgan fingerprint density at radius 3 is 2.56 bits per heavy atom. The monoisotopic (exact) mass is 220 g/mol. The fourth-order valence-corrected chi connectivity index (χ4v) is 2.29. The highest BCUT2D eigenvalue weighted by atomic mass is 16.5. The van der Waals surface area contributed by atoms with Crippen molar-refractivity contribution in [2.75, 3.05) is 7.11 Å². The second kappa shape index (κ2) is 4.85. The second-order valence-corrected chi connectivity index (χ2v) is 4.65. The molecule has 0 bridgehead atoms. The Morgan fingerprint density at radius 2 is 2.06 bits per heavy atom. The highest BCUT2D eigenvalue weighted by Gasteiger charge is 2.27. The van der Waals surface area contributed by atoms with Crippen molar-refractivity contribution in [3.8, 4) is 5.75 Å². The molecule has 88 valence electrons. The molecule has 2 rings (SSSR count). The van der Waals surface area contributed by atoms with Crippen molar-refractivity contribution in [1.29, 1.82) is 0 Å². The van der Waals surface area contributed by atoms with Gasteiger partial charge in [0.15, 0.2) is 0 Å². The van der Waals surface area contributed by atoms with Crippen molar-refractivity contribution in [3.63, 3.8) is 0 Å². The Balaban J connectivity index is 1.94. The molecule has 1 fully saturated rings. The summed E-state index contributed by atoms with van der Waals surface area (Å²) in [5.41, 5.74) is 7.27. The van der Waals surface area contributed by atoms with Crippen LogP contribution in [0.1, 0.15) is 18.9 Å². The zero-order valence-electron chi connectivity index (χ0n) is 9.94. The van der Waals surface area contributed by atoms with E-state index in [-0.39, 0.29) is 6.17 Å². The van der Waals surface area contributed by atoms with Gasteiger partial charge in [0, 0.05) is 6.04 Å². The first-order valence-corrected chi connectivity index (χ1v) is 5.83. The van der Waals surface area contributed by atoms with Crippen molar-refractivity contribution < 1.29 is 4.74 Å². The fourth-order valence-electron chi connectivity index (χ4n) is 2.29. The van der Waals surface area contributed by atoms with Crippen LogP contribution in [0, 0.1) is 5.92 Å². The summed E-state index contributed by atoms with van der Waals surface area (Å²) in [7, 11) is 1.69. The number of benzene rings is 1. The van der Waals surface area contributed by atoms with Gasteiger partial charge < -0.3 is 10.5 Å². The zero-order chi connectivity index (χ0) is 11.5. The van der Waals surface area contributed by atoms with E-state index in [0.29, 0.717) is 12.0 Å². The van der Waals surface area contributed by atoms with Gasteiger partial charge >= 0.3 is 0 Å². The third kappa shape index (κ3) is 2.54. The maximum Gasteiger partial charge on any atom is 0.118 e. The van der Waals surface area contributed by atoms with Gasteiger partial charge in [0.25, 0.3) is 0 Å². The summed E-state index contributed by atoms with van der Waals surface area (Å²) in [5, 5.41) is 3.43. The van der Waals surface area contributed by atoms with Crippen LogP contribution in [-0.2, 0) is 6.42 Å². The van der Waals surface area contributed by atoms with Crippen LogP contribution in [-0.4, -0.2) is 19.3 Å². The van der Waals surface area contributed by atoms with Crippen LogP contribution in [0.15, 0.2) is 24.3 Å². The van der Waals surface area contributed by atoms with Gasteiger partial charge in [0.1, 0.15) is 5.75 Å². The van der Waals surface area contributed by atoms with Gasteiger partial charge in [-0.3, -0.25) is 5.32 Å². The van der Waals surface area contributed by atoms with Crippen LogP contribution in [0.5, 0.6) is 5.75 Å². The lowest BCUT2D eigenvalue weighted by Crippen LogP contribution is -2.38. The number of nitrogens with two attached hydrogens (primary N) is 1. The number of ether oxygens (including phenoxy) is 1. The molecule has 0 aromatic heterocycles. The molecule has 3 atom stereocenters. The molecule has 0 spiro atoms. The molecular weight excluding hydrogens is 200 g/mol. The Labute approximate surface area is 97.0 Å². The van der Waals surface area contributed by atoms with Crippen molar-refractivity contribution in [2.45, 2.75) is 32.0 Å². The summed E-state index contributed by atoms with van der Waals surface area (Å²) in [6, 6.07) is 8.77. The van der Waals surface area contributed by atoms with E-state index in [0.717, 1.165) is 18.6 Å². The molecule has 16 heavy (non-hydrogen) atoms. The smallest absolute Gasteiger partial charge is 0.118 e. The third-order valence-electron chi connectivity index (χ3n) is 3.34. The van der Waals surface area contributed by atoms with E-state index in [9.17, 15) is 0 Å². The minimum absolute atomic E-state index is 0.156. The van der Waals surface area contributed by atoms with E-state index in [4.69, 9.17) is 10.5 Å². The molecule has 3 heteroatoms. The first-order valence-electron chi connectivity index (χ1n) is 5.83. The second-order valence-electron chi connectivity index (χ2n) is 4.65. The van der Waals surface area contributed by atoms with E-state index in [1.807, 2.05) is 12.1 Å². The van der Waals surface area contributed by atoms with Gasteiger partial charge in [-0.05, 0) is 36.5 Å². The lowest BCUT2D eigenvalue weighted by Gasteiger charge is -2.11. The van der Waals surface area contributed by atoms with Gasteiger partial charge in [-0.1, -0.05) is 19.1 Å². The van der Waals surface area contributed by atoms with Crippen molar-refractivity contribution in [3.05, 3.63) is 29.8 Å². The summed E-state index contributed by atoms with van der Waals surface area (Å²) in [6.45, 7) is 2.20. The van der Waals surface area contributed by atoms with E-state index in [1.54, 1.807) is 7.11 Å². The van der Waals surface area contributed by atoms with Gasteiger partial charge in [-0.15, -0.1) is 0 Å². The molecule has 1 aromatic carbocycles. The third-order valence-corrected chi connectivity index (χ3v) is 3.34. The molecule has 1 unspecified atom stereocenters. The molecule has 3 nitrogen and oxygen atoms in total. The molecule has 0 aliphatic carbocycles.